The van der Waals surface area contributed by atoms with Crippen LogP contribution in [0.1, 0.15) is 60.9 Å². The second kappa shape index (κ2) is 15.0. The van der Waals surface area contributed by atoms with E-state index in [1.807, 2.05) is 77.9 Å². The standard InChI is InChI=1S/C38H47N3O7/c1-9-41(10-2)32(43)21-48-30-16-15-26(19-31(30)47-8)33-34(36(44)39-27-17-22(3)11-13-24(27)5)29(42)20-38(7,46)35(33)37(45)40-28-18-23(4)12-14-25(28)6/h11-19,33-35,46H,9-10,20-21H2,1-8H3,(H,39,44)(H,40,45). The van der Waals surface area contributed by atoms with Gasteiger partial charge in [0.1, 0.15) is 11.7 Å². The van der Waals surface area contributed by atoms with Crippen LogP contribution in [0.25, 0.3) is 0 Å². The van der Waals surface area contributed by atoms with Crippen molar-refractivity contribution in [1.29, 1.82) is 0 Å². The van der Waals surface area contributed by atoms with Crippen molar-refractivity contribution in [1.82, 2.24) is 4.90 Å². The zero-order valence-electron chi connectivity index (χ0n) is 29.1. The van der Waals surface area contributed by atoms with E-state index in [2.05, 4.69) is 10.6 Å². The molecule has 0 aromatic heterocycles. The molecule has 1 fully saturated rings. The highest BCUT2D eigenvalue weighted by Crippen LogP contribution is 2.48. The Hall–Kier alpha value is -4.70. The molecule has 1 aliphatic carbocycles. The van der Waals surface area contributed by atoms with Crippen molar-refractivity contribution < 1.29 is 33.8 Å². The van der Waals surface area contributed by atoms with Gasteiger partial charge in [-0.3, -0.25) is 19.2 Å². The number of methoxy groups -OCH3 is 1. The van der Waals surface area contributed by atoms with Gasteiger partial charge in [0.25, 0.3) is 5.91 Å². The first-order chi connectivity index (χ1) is 22.7. The minimum Gasteiger partial charge on any atom is -0.493 e. The maximum atomic E-state index is 14.3. The number of Topliss-reactive ketones (excluding diaryl/α,β-unsaturated/α-hetero) is 1. The Morgan fingerprint density at radius 2 is 1.42 bits per heavy atom. The van der Waals surface area contributed by atoms with Crippen molar-refractivity contribution in [2.75, 3.05) is 37.4 Å². The molecule has 48 heavy (non-hydrogen) atoms. The topological polar surface area (TPSA) is 134 Å². The molecule has 4 atom stereocenters. The third-order valence-electron chi connectivity index (χ3n) is 9.17. The van der Waals surface area contributed by atoms with Crippen LogP contribution in [0.3, 0.4) is 0 Å². The van der Waals surface area contributed by atoms with Gasteiger partial charge in [0.2, 0.25) is 11.8 Å². The van der Waals surface area contributed by atoms with E-state index in [-0.39, 0.29) is 24.0 Å². The number of aliphatic hydroxyl groups is 1. The number of ether oxygens (including phenoxy) is 2. The number of ketones is 1. The number of rotatable bonds is 11. The molecule has 256 valence electrons. The highest BCUT2D eigenvalue weighted by molar-refractivity contribution is 6.10. The van der Waals surface area contributed by atoms with Gasteiger partial charge < -0.3 is 30.1 Å². The molecule has 0 bridgehead atoms. The summed E-state index contributed by atoms with van der Waals surface area (Å²) in [6, 6.07) is 16.1. The van der Waals surface area contributed by atoms with E-state index >= 15 is 0 Å². The maximum Gasteiger partial charge on any atom is 0.260 e. The molecule has 1 aliphatic rings. The number of carbonyl (C=O) groups is 4. The summed E-state index contributed by atoms with van der Waals surface area (Å²) in [4.78, 5) is 56.6. The molecule has 0 radical (unpaired) electrons. The van der Waals surface area contributed by atoms with Crippen LogP contribution in [0.5, 0.6) is 11.5 Å². The zero-order valence-corrected chi connectivity index (χ0v) is 29.1. The van der Waals surface area contributed by atoms with Crippen LogP contribution in [-0.4, -0.2) is 65.9 Å². The molecule has 0 spiro atoms. The number of nitrogens with one attached hydrogen (secondary N) is 2. The van der Waals surface area contributed by atoms with E-state index in [4.69, 9.17) is 9.47 Å². The SMILES string of the molecule is CCN(CC)C(=O)COc1ccc(C2C(C(=O)Nc3cc(C)ccc3C)C(=O)CC(C)(O)C2C(=O)Nc2cc(C)ccc2C)cc1OC. The summed E-state index contributed by atoms with van der Waals surface area (Å²) < 4.78 is 11.5. The van der Waals surface area contributed by atoms with Gasteiger partial charge in [-0.25, -0.2) is 0 Å². The number of hydrogen-bond donors (Lipinski definition) is 3. The van der Waals surface area contributed by atoms with Crippen molar-refractivity contribution in [2.45, 2.75) is 66.4 Å². The number of anilines is 2. The number of likely N-dealkylation sites (N-methyl/N-ethyl adjacent to an activating group) is 1. The van der Waals surface area contributed by atoms with Gasteiger partial charge in [0, 0.05) is 36.8 Å². The van der Waals surface area contributed by atoms with Gasteiger partial charge >= 0.3 is 0 Å². The van der Waals surface area contributed by atoms with E-state index in [0.717, 1.165) is 22.3 Å². The van der Waals surface area contributed by atoms with Crippen molar-refractivity contribution >= 4 is 34.9 Å². The summed E-state index contributed by atoms with van der Waals surface area (Å²) in [5.41, 5.74) is 3.25. The molecule has 1 saturated carbocycles. The van der Waals surface area contributed by atoms with Gasteiger partial charge in [-0.05, 0) is 101 Å². The Balaban J connectivity index is 1.81. The lowest BCUT2D eigenvalue weighted by Crippen LogP contribution is -2.56. The lowest BCUT2D eigenvalue weighted by Gasteiger charge is -2.44. The van der Waals surface area contributed by atoms with Crippen LogP contribution in [0, 0.1) is 39.5 Å². The number of aryl methyl sites for hydroxylation is 4. The minimum absolute atomic E-state index is 0.189. The second-order valence-electron chi connectivity index (χ2n) is 12.9. The van der Waals surface area contributed by atoms with Crippen LogP contribution in [0.4, 0.5) is 11.4 Å². The Morgan fingerprint density at radius 3 is 1.96 bits per heavy atom. The molecule has 0 saturated heterocycles. The molecule has 10 nitrogen and oxygen atoms in total. The van der Waals surface area contributed by atoms with Crippen molar-refractivity contribution in [3.8, 4) is 11.5 Å². The number of hydrogen-bond acceptors (Lipinski definition) is 7. The molecular weight excluding hydrogens is 610 g/mol. The maximum absolute atomic E-state index is 14.3. The number of benzene rings is 3. The summed E-state index contributed by atoms with van der Waals surface area (Å²) >= 11 is 0. The van der Waals surface area contributed by atoms with Crippen LogP contribution in [0.2, 0.25) is 0 Å². The Bertz CT molecular complexity index is 1700. The number of nitrogens with zero attached hydrogens (tertiary/aromatic N) is 1. The van der Waals surface area contributed by atoms with E-state index in [0.29, 0.717) is 30.0 Å². The molecular formula is C38H47N3O7. The predicted octanol–water partition coefficient (Wildman–Crippen LogP) is 5.49. The molecule has 0 heterocycles. The first-order valence-electron chi connectivity index (χ1n) is 16.3. The molecule has 3 aromatic carbocycles. The van der Waals surface area contributed by atoms with Crippen molar-refractivity contribution in [2.24, 2.45) is 11.8 Å². The van der Waals surface area contributed by atoms with Crippen LogP contribution in [-0.2, 0) is 19.2 Å². The van der Waals surface area contributed by atoms with Gasteiger partial charge in [0.15, 0.2) is 18.1 Å². The zero-order chi connectivity index (χ0) is 35.3. The molecule has 3 amide bonds. The Morgan fingerprint density at radius 1 is 0.854 bits per heavy atom. The predicted molar refractivity (Wildman–Crippen MR) is 185 cm³/mol. The van der Waals surface area contributed by atoms with Gasteiger partial charge in [-0.2, -0.15) is 0 Å². The number of carbonyl (C=O) groups excluding carboxylic acids is 4. The Kier molecular flexibility index (Phi) is 11.3. The summed E-state index contributed by atoms with van der Waals surface area (Å²) in [5, 5.41) is 17.7. The lowest BCUT2D eigenvalue weighted by atomic mass is 9.61. The van der Waals surface area contributed by atoms with E-state index in [1.54, 1.807) is 23.1 Å². The van der Waals surface area contributed by atoms with Gasteiger partial charge in [-0.1, -0.05) is 30.3 Å². The third-order valence-corrected chi connectivity index (χ3v) is 9.17. The number of amides is 3. The van der Waals surface area contributed by atoms with Crippen LogP contribution in [0.15, 0.2) is 54.6 Å². The normalized spacial score (nSPS) is 20.5. The van der Waals surface area contributed by atoms with Crippen LogP contribution >= 0.6 is 0 Å². The quantitative estimate of drug-likeness (QED) is 0.232. The Labute approximate surface area is 282 Å². The largest absolute Gasteiger partial charge is 0.493 e. The highest BCUT2D eigenvalue weighted by Gasteiger charge is 2.56. The summed E-state index contributed by atoms with van der Waals surface area (Å²) in [6.45, 7) is 13.6. The smallest absolute Gasteiger partial charge is 0.260 e. The molecule has 4 rings (SSSR count). The lowest BCUT2D eigenvalue weighted by molar-refractivity contribution is -0.151. The minimum atomic E-state index is -1.79. The monoisotopic (exact) mass is 657 g/mol. The average molecular weight is 658 g/mol. The van der Waals surface area contributed by atoms with Gasteiger partial charge in [0.05, 0.1) is 18.6 Å². The third kappa shape index (κ3) is 7.87. The van der Waals surface area contributed by atoms with Crippen LogP contribution < -0.4 is 20.1 Å². The van der Waals surface area contributed by atoms with Crippen molar-refractivity contribution in [3.05, 3.63) is 82.4 Å². The summed E-state index contributed by atoms with van der Waals surface area (Å²) in [7, 11) is 1.44. The first-order valence-corrected chi connectivity index (χ1v) is 16.3. The molecule has 4 unspecified atom stereocenters. The second-order valence-corrected chi connectivity index (χ2v) is 12.9. The fourth-order valence-corrected chi connectivity index (χ4v) is 6.47. The van der Waals surface area contributed by atoms with Gasteiger partial charge in [-0.15, -0.1) is 0 Å². The summed E-state index contributed by atoms with van der Waals surface area (Å²) in [6.07, 6.45) is -0.398. The van der Waals surface area contributed by atoms with E-state index in [9.17, 15) is 24.3 Å². The average Bonchev–Trinajstić information content (AvgIpc) is 3.03. The first kappa shape index (κ1) is 36.1. The molecule has 3 N–H and O–H groups in total. The van der Waals surface area contributed by atoms with E-state index in [1.165, 1.54) is 14.0 Å². The molecule has 3 aromatic rings. The fourth-order valence-electron chi connectivity index (χ4n) is 6.47. The molecule has 0 aliphatic heterocycles. The molecule has 10 heteroatoms. The van der Waals surface area contributed by atoms with Crippen molar-refractivity contribution in [3.63, 3.8) is 0 Å². The fraction of sp³-hybridized carbons (Fsp3) is 0.421. The summed E-state index contributed by atoms with van der Waals surface area (Å²) in [5.74, 6) is -4.88. The van der Waals surface area contributed by atoms with E-state index < -0.39 is 47.4 Å². The highest BCUT2D eigenvalue weighted by atomic mass is 16.5.